The number of benzene rings is 2. The summed E-state index contributed by atoms with van der Waals surface area (Å²) in [7, 11) is 2.08. The summed E-state index contributed by atoms with van der Waals surface area (Å²) in [6.07, 6.45) is 2.19. The molecule has 0 spiro atoms. The van der Waals surface area contributed by atoms with Crippen LogP contribution >= 0.6 is 15.9 Å². The Kier molecular flexibility index (Phi) is 5.77. The van der Waals surface area contributed by atoms with Gasteiger partial charge in [-0.1, -0.05) is 52.3 Å². The van der Waals surface area contributed by atoms with Crippen LogP contribution in [-0.4, -0.2) is 28.7 Å². The van der Waals surface area contributed by atoms with Crippen molar-refractivity contribution in [3.63, 3.8) is 0 Å². The molecule has 1 heterocycles. The van der Waals surface area contributed by atoms with E-state index in [1.165, 1.54) is 5.56 Å². The van der Waals surface area contributed by atoms with Crippen molar-refractivity contribution < 1.29 is 4.42 Å². The third kappa shape index (κ3) is 4.76. The Morgan fingerprint density at radius 1 is 1.04 bits per heavy atom. The lowest BCUT2D eigenvalue weighted by molar-refractivity contribution is 0.287. The molecule has 0 N–H and O–H groups in total. The maximum Gasteiger partial charge on any atom is 0.247 e. The predicted molar refractivity (Wildman–Crippen MR) is 98.5 cm³/mol. The van der Waals surface area contributed by atoms with Crippen LogP contribution in [0, 0.1) is 0 Å². The van der Waals surface area contributed by atoms with Crippen molar-refractivity contribution in [1.82, 2.24) is 15.1 Å². The van der Waals surface area contributed by atoms with E-state index in [1.54, 1.807) is 0 Å². The van der Waals surface area contributed by atoms with Gasteiger partial charge in [0, 0.05) is 10.0 Å². The van der Waals surface area contributed by atoms with E-state index in [0.29, 0.717) is 18.3 Å². The number of halogens is 1. The van der Waals surface area contributed by atoms with Crippen molar-refractivity contribution in [1.29, 1.82) is 0 Å². The van der Waals surface area contributed by atoms with Crippen LogP contribution in [0.2, 0.25) is 0 Å². The van der Waals surface area contributed by atoms with Crippen molar-refractivity contribution in [3.8, 4) is 11.5 Å². The lowest BCUT2D eigenvalue weighted by Gasteiger charge is -2.13. The van der Waals surface area contributed by atoms with E-state index in [1.807, 2.05) is 30.3 Å². The van der Waals surface area contributed by atoms with E-state index in [9.17, 15) is 0 Å². The number of rotatable bonds is 7. The highest BCUT2D eigenvalue weighted by Gasteiger charge is 2.10. The Bertz CT molecular complexity index is 773. The molecule has 1 aromatic heterocycles. The number of hydrogen-bond acceptors (Lipinski definition) is 4. The fourth-order valence-corrected chi connectivity index (χ4v) is 2.96. The summed E-state index contributed by atoms with van der Waals surface area (Å²) < 4.78 is 6.77. The Morgan fingerprint density at radius 3 is 2.67 bits per heavy atom. The van der Waals surface area contributed by atoms with E-state index in [0.717, 1.165) is 29.4 Å². The zero-order chi connectivity index (χ0) is 16.8. The fourth-order valence-electron chi connectivity index (χ4n) is 2.56. The zero-order valence-electron chi connectivity index (χ0n) is 13.7. The van der Waals surface area contributed by atoms with E-state index >= 15 is 0 Å². The topological polar surface area (TPSA) is 42.2 Å². The minimum atomic E-state index is 0.559. The highest BCUT2D eigenvalue weighted by atomic mass is 79.9. The molecule has 0 aliphatic rings. The van der Waals surface area contributed by atoms with Crippen LogP contribution in [0.15, 0.2) is 63.5 Å². The van der Waals surface area contributed by atoms with Gasteiger partial charge in [0.1, 0.15) is 0 Å². The van der Waals surface area contributed by atoms with Crippen LogP contribution in [0.5, 0.6) is 0 Å². The monoisotopic (exact) mass is 385 g/mol. The minimum Gasteiger partial charge on any atom is -0.419 e. The first-order valence-corrected chi connectivity index (χ1v) is 8.81. The van der Waals surface area contributed by atoms with Crippen molar-refractivity contribution in [2.24, 2.45) is 0 Å². The van der Waals surface area contributed by atoms with Gasteiger partial charge in [-0.3, -0.25) is 4.90 Å². The van der Waals surface area contributed by atoms with Gasteiger partial charge in [-0.25, -0.2) is 0 Å². The number of nitrogens with zero attached hydrogens (tertiary/aromatic N) is 3. The van der Waals surface area contributed by atoms with Gasteiger partial charge in [0.05, 0.1) is 6.54 Å². The number of aromatic nitrogens is 2. The molecule has 0 aliphatic heterocycles. The van der Waals surface area contributed by atoms with Crippen molar-refractivity contribution >= 4 is 15.9 Å². The van der Waals surface area contributed by atoms with Gasteiger partial charge < -0.3 is 4.42 Å². The maximum atomic E-state index is 5.78. The van der Waals surface area contributed by atoms with Crippen LogP contribution < -0.4 is 0 Å². The van der Waals surface area contributed by atoms with Gasteiger partial charge in [-0.15, -0.1) is 10.2 Å². The normalized spacial score (nSPS) is 11.1. The maximum absolute atomic E-state index is 5.78. The van der Waals surface area contributed by atoms with Crippen molar-refractivity contribution in [3.05, 3.63) is 70.5 Å². The SMILES string of the molecule is CN(CCCc1ccccc1)Cc1nnc(-c2cccc(Br)c2)o1. The molecule has 0 bridgehead atoms. The number of aryl methyl sites for hydroxylation is 1. The van der Waals surface area contributed by atoms with E-state index < -0.39 is 0 Å². The fraction of sp³-hybridized carbons (Fsp3) is 0.263. The summed E-state index contributed by atoms with van der Waals surface area (Å²) in [6, 6.07) is 18.4. The first kappa shape index (κ1) is 16.9. The van der Waals surface area contributed by atoms with Crippen molar-refractivity contribution in [2.75, 3.05) is 13.6 Å². The molecular formula is C19H20BrN3O. The molecule has 124 valence electrons. The molecule has 0 unspecified atom stereocenters. The molecule has 0 amide bonds. The summed E-state index contributed by atoms with van der Waals surface area (Å²) >= 11 is 3.46. The molecule has 3 rings (SSSR count). The third-order valence-electron chi connectivity index (χ3n) is 3.79. The molecule has 0 atom stereocenters. The summed E-state index contributed by atoms with van der Waals surface area (Å²) in [5.74, 6) is 1.20. The van der Waals surface area contributed by atoms with Gasteiger partial charge in [0.15, 0.2) is 0 Å². The van der Waals surface area contributed by atoms with Gasteiger partial charge >= 0.3 is 0 Å². The molecule has 0 radical (unpaired) electrons. The Hall–Kier alpha value is -1.98. The Morgan fingerprint density at radius 2 is 1.88 bits per heavy atom. The van der Waals surface area contributed by atoms with Crippen molar-refractivity contribution in [2.45, 2.75) is 19.4 Å². The molecule has 0 saturated carbocycles. The molecule has 0 saturated heterocycles. The highest BCUT2D eigenvalue weighted by molar-refractivity contribution is 9.10. The van der Waals surface area contributed by atoms with E-state index in [2.05, 4.69) is 62.3 Å². The quantitative estimate of drug-likeness (QED) is 0.597. The second-order valence-corrected chi connectivity index (χ2v) is 6.75. The van der Waals surface area contributed by atoms with Crippen LogP contribution in [0.4, 0.5) is 0 Å². The summed E-state index contributed by atoms with van der Waals surface area (Å²) in [6.45, 7) is 1.65. The minimum absolute atomic E-state index is 0.559. The van der Waals surface area contributed by atoms with Crippen LogP contribution in [0.1, 0.15) is 17.9 Å². The lowest BCUT2D eigenvalue weighted by Crippen LogP contribution is -2.19. The first-order chi connectivity index (χ1) is 11.7. The molecule has 3 aromatic rings. The van der Waals surface area contributed by atoms with E-state index in [-0.39, 0.29) is 0 Å². The summed E-state index contributed by atoms with van der Waals surface area (Å²) in [4.78, 5) is 2.21. The van der Waals surface area contributed by atoms with Crippen LogP contribution in [-0.2, 0) is 13.0 Å². The predicted octanol–water partition coefficient (Wildman–Crippen LogP) is 4.56. The van der Waals surface area contributed by atoms with E-state index in [4.69, 9.17) is 4.42 Å². The molecule has 5 heteroatoms. The Labute approximate surface area is 150 Å². The van der Waals surface area contributed by atoms with Gasteiger partial charge in [0.2, 0.25) is 11.8 Å². The lowest BCUT2D eigenvalue weighted by atomic mass is 10.1. The smallest absolute Gasteiger partial charge is 0.247 e. The molecule has 2 aromatic carbocycles. The molecule has 0 aliphatic carbocycles. The van der Waals surface area contributed by atoms with Crippen LogP contribution in [0.3, 0.4) is 0 Å². The summed E-state index contributed by atoms with van der Waals surface area (Å²) in [5, 5.41) is 8.30. The molecule has 0 fully saturated rings. The van der Waals surface area contributed by atoms with Gasteiger partial charge in [-0.2, -0.15) is 0 Å². The summed E-state index contributed by atoms with van der Waals surface area (Å²) in [5.41, 5.74) is 2.30. The van der Waals surface area contributed by atoms with Gasteiger partial charge in [0.25, 0.3) is 0 Å². The number of hydrogen-bond donors (Lipinski definition) is 0. The average Bonchev–Trinajstić information content (AvgIpc) is 3.04. The van der Waals surface area contributed by atoms with Gasteiger partial charge in [-0.05, 0) is 50.2 Å². The standard InChI is InChI=1S/C19H20BrN3O/c1-23(12-6-9-15-7-3-2-4-8-15)14-18-21-22-19(24-18)16-10-5-11-17(20)13-16/h2-5,7-8,10-11,13H,6,9,12,14H2,1H3. The highest BCUT2D eigenvalue weighted by Crippen LogP contribution is 2.22. The second kappa shape index (κ2) is 8.22. The zero-order valence-corrected chi connectivity index (χ0v) is 15.2. The first-order valence-electron chi connectivity index (χ1n) is 8.01. The molecule has 4 nitrogen and oxygen atoms in total. The van der Waals surface area contributed by atoms with Crippen LogP contribution in [0.25, 0.3) is 11.5 Å². The largest absolute Gasteiger partial charge is 0.419 e. The average molecular weight is 386 g/mol. The molecule has 24 heavy (non-hydrogen) atoms. The molecular weight excluding hydrogens is 366 g/mol. The Balaban J connectivity index is 1.51. The third-order valence-corrected chi connectivity index (χ3v) is 4.28. The second-order valence-electron chi connectivity index (χ2n) is 5.84.